The molecule has 2 N–H and O–H groups in total. The number of benzene rings is 1. The van der Waals surface area contributed by atoms with E-state index in [1.807, 2.05) is 30.9 Å². The number of nitrogens with two attached hydrogens (primary N) is 1. The van der Waals surface area contributed by atoms with Crippen molar-refractivity contribution in [3.63, 3.8) is 0 Å². The van der Waals surface area contributed by atoms with Crippen molar-refractivity contribution in [2.75, 3.05) is 19.6 Å². The molecule has 1 rings (SSSR count). The SMILES string of the molecule is CCCN(CCCN)C(=O)c1cc(C)cc(C)c1. The van der Waals surface area contributed by atoms with E-state index in [0.29, 0.717) is 6.54 Å². The second-order valence-electron chi connectivity index (χ2n) is 4.81. The molecule has 0 fully saturated rings. The first-order valence-corrected chi connectivity index (χ1v) is 6.66. The Morgan fingerprint density at radius 2 is 1.78 bits per heavy atom. The maximum absolute atomic E-state index is 12.4. The van der Waals surface area contributed by atoms with E-state index in [2.05, 4.69) is 13.0 Å². The minimum atomic E-state index is 0.122. The van der Waals surface area contributed by atoms with Gasteiger partial charge in [0.1, 0.15) is 0 Å². The molecule has 0 saturated carbocycles. The van der Waals surface area contributed by atoms with E-state index in [1.54, 1.807) is 0 Å². The largest absolute Gasteiger partial charge is 0.339 e. The summed E-state index contributed by atoms with van der Waals surface area (Å²) in [6.07, 6.45) is 1.83. The van der Waals surface area contributed by atoms with Gasteiger partial charge in [0.25, 0.3) is 5.91 Å². The zero-order chi connectivity index (χ0) is 13.5. The van der Waals surface area contributed by atoms with E-state index in [-0.39, 0.29) is 5.91 Å². The number of carbonyl (C=O) groups is 1. The van der Waals surface area contributed by atoms with E-state index in [1.165, 1.54) is 0 Å². The van der Waals surface area contributed by atoms with E-state index < -0.39 is 0 Å². The van der Waals surface area contributed by atoms with Gasteiger partial charge in [-0.15, -0.1) is 0 Å². The fourth-order valence-corrected chi connectivity index (χ4v) is 2.15. The molecule has 0 aliphatic rings. The van der Waals surface area contributed by atoms with Crippen LogP contribution in [-0.4, -0.2) is 30.4 Å². The Hall–Kier alpha value is -1.35. The molecule has 0 aliphatic heterocycles. The molecular weight excluding hydrogens is 224 g/mol. The summed E-state index contributed by atoms with van der Waals surface area (Å²) in [5.74, 6) is 0.122. The Bertz CT molecular complexity index is 381. The summed E-state index contributed by atoms with van der Waals surface area (Å²) in [5, 5.41) is 0. The fourth-order valence-electron chi connectivity index (χ4n) is 2.15. The molecule has 100 valence electrons. The topological polar surface area (TPSA) is 46.3 Å². The van der Waals surface area contributed by atoms with Gasteiger partial charge in [0.05, 0.1) is 0 Å². The number of amides is 1. The summed E-state index contributed by atoms with van der Waals surface area (Å²) in [7, 11) is 0. The van der Waals surface area contributed by atoms with Gasteiger partial charge >= 0.3 is 0 Å². The van der Waals surface area contributed by atoms with Crippen LogP contribution in [0.4, 0.5) is 0 Å². The monoisotopic (exact) mass is 248 g/mol. The average molecular weight is 248 g/mol. The number of aryl methyl sites for hydroxylation is 2. The van der Waals surface area contributed by atoms with Crippen LogP contribution < -0.4 is 5.73 Å². The van der Waals surface area contributed by atoms with E-state index in [0.717, 1.165) is 42.6 Å². The summed E-state index contributed by atoms with van der Waals surface area (Å²) in [5.41, 5.74) is 8.58. The quantitative estimate of drug-likeness (QED) is 0.840. The van der Waals surface area contributed by atoms with Crippen molar-refractivity contribution >= 4 is 5.91 Å². The van der Waals surface area contributed by atoms with Gasteiger partial charge in [0.2, 0.25) is 0 Å². The van der Waals surface area contributed by atoms with E-state index in [9.17, 15) is 4.79 Å². The predicted molar refractivity (Wildman–Crippen MR) is 75.8 cm³/mol. The third kappa shape index (κ3) is 4.15. The zero-order valence-corrected chi connectivity index (χ0v) is 11.7. The van der Waals surface area contributed by atoms with Crippen LogP contribution in [0, 0.1) is 13.8 Å². The molecule has 3 heteroatoms. The molecule has 0 spiro atoms. The molecule has 3 nitrogen and oxygen atoms in total. The van der Waals surface area contributed by atoms with Crippen molar-refractivity contribution in [2.24, 2.45) is 5.73 Å². The molecular formula is C15H24N2O. The lowest BCUT2D eigenvalue weighted by molar-refractivity contribution is 0.0754. The van der Waals surface area contributed by atoms with Crippen LogP contribution in [0.25, 0.3) is 0 Å². The van der Waals surface area contributed by atoms with Gasteiger partial charge in [-0.3, -0.25) is 4.79 Å². The lowest BCUT2D eigenvalue weighted by Crippen LogP contribution is -2.33. The highest BCUT2D eigenvalue weighted by atomic mass is 16.2. The Morgan fingerprint density at radius 1 is 1.17 bits per heavy atom. The number of nitrogens with zero attached hydrogens (tertiary/aromatic N) is 1. The highest BCUT2D eigenvalue weighted by molar-refractivity contribution is 5.94. The van der Waals surface area contributed by atoms with Gasteiger partial charge in [-0.1, -0.05) is 24.1 Å². The molecule has 0 atom stereocenters. The standard InChI is InChI=1S/C15H24N2O/c1-4-7-17(8-5-6-16)15(18)14-10-12(2)9-13(3)11-14/h9-11H,4-8,16H2,1-3H3. The third-order valence-electron chi connectivity index (χ3n) is 2.88. The molecule has 1 amide bonds. The van der Waals surface area contributed by atoms with Gasteiger partial charge in [0, 0.05) is 18.7 Å². The van der Waals surface area contributed by atoms with Crippen molar-refractivity contribution in [2.45, 2.75) is 33.6 Å². The lowest BCUT2D eigenvalue weighted by atomic mass is 10.1. The van der Waals surface area contributed by atoms with Crippen LogP contribution in [0.3, 0.4) is 0 Å². The third-order valence-corrected chi connectivity index (χ3v) is 2.88. The zero-order valence-electron chi connectivity index (χ0n) is 11.7. The lowest BCUT2D eigenvalue weighted by Gasteiger charge is -2.22. The number of hydrogen-bond donors (Lipinski definition) is 1. The molecule has 0 radical (unpaired) electrons. The highest BCUT2D eigenvalue weighted by Gasteiger charge is 2.14. The number of carbonyl (C=O) groups excluding carboxylic acids is 1. The average Bonchev–Trinajstić information content (AvgIpc) is 2.32. The first-order valence-electron chi connectivity index (χ1n) is 6.66. The second-order valence-corrected chi connectivity index (χ2v) is 4.81. The Labute approximate surface area is 110 Å². The summed E-state index contributed by atoms with van der Waals surface area (Å²) in [4.78, 5) is 14.3. The first kappa shape index (κ1) is 14.7. The minimum absolute atomic E-state index is 0.122. The van der Waals surface area contributed by atoms with Crippen molar-refractivity contribution < 1.29 is 4.79 Å². The maximum Gasteiger partial charge on any atom is 0.253 e. The molecule has 0 heterocycles. The van der Waals surface area contributed by atoms with Gasteiger partial charge in [-0.2, -0.15) is 0 Å². The highest BCUT2D eigenvalue weighted by Crippen LogP contribution is 2.12. The van der Waals surface area contributed by atoms with Crippen molar-refractivity contribution in [1.29, 1.82) is 0 Å². The maximum atomic E-state index is 12.4. The van der Waals surface area contributed by atoms with Crippen LogP contribution in [0.5, 0.6) is 0 Å². The molecule has 18 heavy (non-hydrogen) atoms. The van der Waals surface area contributed by atoms with Crippen molar-refractivity contribution in [3.8, 4) is 0 Å². The molecule has 1 aromatic carbocycles. The molecule has 0 aromatic heterocycles. The predicted octanol–water partition coefficient (Wildman–Crippen LogP) is 2.50. The fraction of sp³-hybridized carbons (Fsp3) is 0.533. The summed E-state index contributed by atoms with van der Waals surface area (Å²) < 4.78 is 0. The molecule has 0 saturated heterocycles. The van der Waals surface area contributed by atoms with Crippen molar-refractivity contribution in [1.82, 2.24) is 4.90 Å². The molecule has 1 aromatic rings. The van der Waals surface area contributed by atoms with E-state index >= 15 is 0 Å². The minimum Gasteiger partial charge on any atom is -0.339 e. The Morgan fingerprint density at radius 3 is 2.28 bits per heavy atom. The van der Waals surface area contributed by atoms with Crippen LogP contribution in [0.2, 0.25) is 0 Å². The van der Waals surface area contributed by atoms with Crippen molar-refractivity contribution in [3.05, 3.63) is 34.9 Å². The number of rotatable bonds is 6. The summed E-state index contributed by atoms with van der Waals surface area (Å²) >= 11 is 0. The first-order chi connectivity index (χ1) is 8.58. The second kappa shape index (κ2) is 7.17. The van der Waals surface area contributed by atoms with Gasteiger partial charge in [-0.25, -0.2) is 0 Å². The molecule has 0 bridgehead atoms. The summed E-state index contributed by atoms with van der Waals surface area (Å²) in [6.45, 7) is 8.30. The summed E-state index contributed by atoms with van der Waals surface area (Å²) in [6, 6.07) is 6.00. The Balaban J connectivity index is 2.86. The van der Waals surface area contributed by atoms with Crippen LogP contribution in [0.15, 0.2) is 18.2 Å². The molecule has 0 aliphatic carbocycles. The van der Waals surface area contributed by atoms with Gasteiger partial charge in [-0.05, 0) is 45.4 Å². The van der Waals surface area contributed by atoms with E-state index in [4.69, 9.17) is 5.73 Å². The van der Waals surface area contributed by atoms with Crippen LogP contribution >= 0.6 is 0 Å². The Kier molecular flexibility index (Phi) is 5.86. The van der Waals surface area contributed by atoms with Gasteiger partial charge < -0.3 is 10.6 Å². The van der Waals surface area contributed by atoms with Crippen LogP contribution in [0.1, 0.15) is 41.3 Å². The number of hydrogen-bond acceptors (Lipinski definition) is 2. The normalized spacial score (nSPS) is 10.4. The smallest absolute Gasteiger partial charge is 0.253 e. The van der Waals surface area contributed by atoms with Crippen LogP contribution in [-0.2, 0) is 0 Å². The molecule has 0 unspecified atom stereocenters. The van der Waals surface area contributed by atoms with Gasteiger partial charge in [0.15, 0.2) is 0 Å².